The average Bonchev–Trinajstić information content (AvgIpc) is 2.43. The second-order valence-corrected chi connectivity index (χ2v) is 5.27. The molecule has 1 atom stereocenters. The van der Waals surface area contributed by atoms with Crippen molar-refractivity contribution in [2.75, 3.05) is 6.26 Å². The predicted molar refractivity (Wildman–Crippen MR) is 76.6 cm³/mol. The van der Waals surface area contributed by atoms with Crippen LogP contribution in [0.4, 0.5) is 0 Å². The molecule has 1 heterocycles. The SMILES string of the molecule is CSC(C)C(=O)NCc1cccc2cccnc12. The summed E-state index contributed by atoms with van der Waals surface area (Å²) >= 11 is 1.54. The highest BCUT2D eigenvalue weighted by molar-refractivity contribution is 7.99. The van der Waals surface area contributed by atoms with Gasteiger partial charge in [-0.05, 0) is 24.8 Å². The molecule has 0 aliphatic carbocycles. The number of benzene rings is 1. The Labute approximate surface area is 111 Å². The van der Waals surface area contributed by atoms with Crippen molar-refractivity contribution in [3.63, 3.8) is 0 Å². The Balaban J connectivity index is 2.15. The molecule has 0 fully saturated rings. The molecule has 1 aromatic carbocycles. The number of carbonyl (C=O) groups is 1. The van der Waals surface area contributed by atoms with Gasteiger partial charge in [0.1, 0.15) is 0 Å². The van der Waals surface area contributed by atoms with Gasteiger partial charge in [0.15, 0.2) is 0 Å². The summed E-state index contributed by atoms with van der Waals surface area (Å²) in [5, 5.41) is 4.02. The first-order valence-electron chi connectivity index (χ1n) is 5.85. The van der Waals surface area contributed by atoms with Crippen LogP contribution in [0.5, 0.6) is 0 Å². The second kappa shape index (κ2) is 5.87. The Morgan fingerprint density at radius 1 is 1.39 bits per heavy atom. The Kier molecular flexibility index (Phi) is 4.20. The highest BCUT2D eigenvalue weighted by atomic mass is 32.2. The number of fused-ring (bicyclic) bond motifs is 1. The van der Waals surface area contributed by atoms with Crippen molar-refractivity contribution < 1.29 is 4.79 Å². The van der Waals surface area contributed by atoms with E-state index in [1.54, 1.807) is 18.0 Å². The normalized spacial score (nSPS) is 12.3. The number of aromatic nitrogens is 1. The third kappa shape index (κ3) is 2.82. The Bertz CT molecular complexity index is 551. The molecule has 1 amide bonds. The van der Waals surface area contributed by atoms with E-state index in [0.717, 1.165) is 16.5 Å². The van der Waals surface area contributed by atoms with Gasteiger partial charge in [0.2, 0.25) is 5.91 Å². The van der Waals surface area contributed by atoms with Crippen molar-refractivity contribution >= 4 is 28.6 Å². The van der Waals surface area contributed by atoms with Crippen LogP contribution < -0.4 is 5.32 Å². The van der Waals surface area contributed by atoms with E-state index in [0.29, 0.717) is 6.54 Å². The van der Waals surface area contributed by atoms with Crippen LogP contribution in [0.15, 0.2) is 36.5 Å². The van der Waals surface area contributed by atoms with Gasteiger partial charge in [0.05, 0.1) is 10.8 Å². The fourth-order valence-corrected chi connectivity index (χ4v) is 2.04. The molecule has 0 aliphatic rings. The lowest BCUT2D eigenvalue weighted by Gasteiger charge is -2.10. The van der Waals surface area contributed by atoms with E-state index in [-0.39, 0.29) is 11.2 Å². The summed E-state index contributed by atoms with van der Waals surface area (Å²) in [6.07, 6.45) is 3.71. The van der Waals surface area contributed by atoms with Crippen LogP contribution in [0.1, 0.15) is 12.5 Å². The number of thioether (sulfide) groups is 1. The number of amides is 1. The number of rotatable bonds is 4. The van der Waals surface area contributed by atoms with E-state index in [1.807, 2.05) is 43.5 Å². The first-order valence-corrected chi connectivity index (χ1v) is 7.14. The van der Waals surface area contributed by atoms with Crippen LogP contribution in [0, 0.1) is 0 Å². The van der Waals surface area contributed by atoms with Gasteiger partial charge in [-0.25, -0.2) is 0 Å². The zero-order valence-corrected chi connectivity index (χ0v) is 11.3. The van der Waals surface area contributed by atoms with Crippen molar-refractivity contribution in [3.8, 4) is 0 Å². The highest BCUT2D eigenvalue weighted by Gasteiger charge is 2.11. The molecule has 3 nitrogen and oxygen atoms in total. The molecular weight excluding hydrogens is 244 g/mol. The number of pyridine rings is 1. The third-order valence-electron chi connectivity index (χ3n) is 2.89. The molecule has 1 unspecified atom stereocenters. The summed E-state index contributed by atoms with van der Waals surface area (Å²) < 4.78 is 0. The van der Waals surface area contributed by atoms with E-state index >= 15 is 0 Å². The van der Waals surface area contributed by atoms with Crippen LogP contribution in [0.3, 0.4) is 0 Å². The van der Waals surface area contributed by atoms with Crippen molar-refractivity contribution in [2.45, 2.75) is 18.7 Å². The maximum Gasteiger partial charge on any atom is 0.233 e. The summed E-state index contributed by atoms with van der Waals surface area (Å²) in [5.74, 6) is 0.0652. The zero-order chi connectivity index (χ0) is 13.0. The Morgan fingerprint density at radius 2 is 2.17 bits per heavy atom. The molecule has 94 valence electrons. The van der Waals surface area contributed by atoms with Gasteiger partial charge in [-0.15, -0.1) is 0 Å². The number of nitrogens with zero attached hydrogens (tertiary/aromatic N) is 1. The lowest BCUT2D eigenvalue weighted by atomic mass is 10.1. The van der Waals surface area contributed by atoms with Gasteiger partial charge in [-0.1, -0.05) is 24.3 Å². The molecule has 0 spiro atoms. The molecule has 18 heavy (non-hydrogen) atoms. The molecule has 0 bridgehead atoms. The number of hydrogen-bond acceptors (Lipinski definition) is 3. The molecule has 2 aromatic rings. The quantitative estimate of drug-likeness (QED) is 0.918. The van der Waals surface area contributed by atoms with Gasteiger partial charge >= 0.3 is 0 Å². The molecule has 2 rings (SSSR count). The van der Waals surface area contributed by atoms with Crippen molar-refractivity contribution in [3.05, 3.63) is 42.1 Å². The molecule has 1 aromatic heterocycles. The van der Waals surface area contributed by atoms with Crippen LogP contribution in [0.2, 0.25) is 0 Å². The third-order valence-corrected chi connectivity index (χ3v) is 3.81. The summed E-state index contributed by atoms with van der Waals surface area (Å²) in [7, 11) is 0. The van der Waals surface area contributed by atoms with Gasteiger partial charge < -0.3 is 5.32 Å². The minimum absolute atomic E-state index is 0.0204. The summed E-state index contributed by atoms with van der Waals surface area (Å²) in [6.45, 7) is 2.43. The molecule has 1 N–H and O–H groups in total. The van der Waals surface area contributed by atoms with Gasteiger partial charge in [0, 0.05) is 18.1 Å². The van der Waals surface area contributed by atoms with E-state index in [2.05, 4.69) is 10.3 Å². The summed E-state index contributed by atoms with van der Waals surface area (Å²) in [6, 6.07) is 9.96. The van der Waals surface area contributed by atoms with Gasteiger partial charge in [-0.2, -0.15) is 11.8 Å². The standard InChI is InChI=1S/C14H16N2OS/c1-10(18-2)14(17)16-9-12-6-3-5-11-7-4-8-15-13(11)12/h3-8,10H,9H2,1-2H3,(H,16,17). The highest BCUT2D eigenvalue weighted by Crippen LogP contribution is 2.15. The predicted octanol–water partition coefficient (Wildman–Crippen LogP) is 2.60. The fourth-order valence-electron chi connectivity index (χ4n) is 1.74. The van der Waals surface area contributed by atoms with Crippen molar-refractivity contribution in [1.29, 1.82) is 0 Å². The van der Waals surface area contributed by atoms with E-state index in [9.17, 15) is 4.79 Å². The number of carbonyl (C=O) groups excluding carboxylic acids is 1. The minimum Gasteiger partial charge on any atom is -0.351 e. The zero-order valence-electron chi connectivity index (χ0n) is 10.5. The molecule has 0 aliphatic heterocycles. The van der Waals surface area contributed by atoms with Crippen LogP contribution in [-0.4, -0.2) is 22.4 Å². The second-order valence-electron chi connectivity index (χ2n) is 4.09. The molecular formula is C14H16N2OS. The fraction of sp³-hybridized carbons (Fsp3) is 0.286. The Hall–Kier alpha value is -1.55. The Morgan fingerprint density at radius 3 is 2.94 bits per heavy atom. The monoisotopic (exact) mass is 260 g/mol. The number of nitrogens with one attached hydrogen (secondary N) is 1. The molecule has 0 radical (unpaired) electrons. The first-order chi connectivity index (χ1) is 8.72. The molecule has 0 saturated heterocycles. The average molecular weight is 260 g/mol. The largest absolute Gasteiger partial charge is 0.351 e. The van der Waals surface area contributed by atoms with Crippen LogP contribution >= 0.6 is 11.8 Å². The lowest BCUT2D eigenvalue weighted by Crippen LogP contribution is -2.30. The van der Waals surface area contributed by atoms with E-state index < -0.39 is 0 Å². The maximum absolute atomic E-state index is 11.7. The van der Waals surface area contributed by atoms with Crippen LogP contribution in [0.25, 0.3) is 10.9 Å². The lowest BCUT2D eigenvalue weighted by molar-refractivity contribution is -0.120. The summed E-state index contributed by atoms with van der Waals surface area (Å²) in [4.78, 5) is 16.1. The van der Waals surface area contributed by atoms with E-state index in [1.165, 1.54) is 0 Å². The maximum atomic E-state index is 11.7. The van der Waals surface area contributed by atoms with Crippen molar-refractivity contribution in [1.82, 2.24) is 10.3 Å². The van der Waals surface area contributed by atoms with Gasteiger partial charge in [0.25, 0.3) is 0 Å². The van der Waals surface area contributed by atoms with Crippen molar-refractivity contribution in [2.24, 2.45) is 0 Å². The van der Waals surface area contributed by atoms with Crippen LogP contribution in [-0.2, 0) is 11.3 Å². The molecule has 4 heteroatoms. The topological polar surface area (TPSA) is 42.0 Å². The smallest absolute Gasteiger partial charge is 0.233 e. The van der Waals surface area contributed by atoms with E-state index in [4.69, 9.17) is 0 Å². The number of hydrogen-bond donors (Lipinski definition) is 1. The minimum atomic E-state index is -0.0204. The van der Waals surface area contributed by atoms with Gasteiger partial charge in [-0.3, -0.25) is 9.78 Å². The molecule has 0 saturated carbocycles. The first kappa shape index (κ1) is 12.9. The summed E-state index contributed by atoms with van der Waals surface area (Å²) in [5.41, 5.74) is 2.01. The number of para-hydroxylation sites is 1.